The van der Waals surface area contributed by atoms with Crippen LogP contribution in [0.25, 0.3) is 33.9 Å². The molecule has 0 aromatic carbocycles. The number of hydrogen-bond donors (Lipinski definition) is 0. The molecule has 4 aromatic rings. The van der Waals surface area contributed by atoms with E-state index in [0.717, 1.165) is 33.9 Å². The molecule has 117 valence electrons. The second-order valence-electron chi connectivity index (χ2n) is 5.10. The van der Waals surface area contributed by atoms with Gasteiger partial charge in [0.25, 0.3) is 0 Å². The summed E-state index contributed by atoms with van der Waals surface area (Å²) < 4.78 is 0. The maximum atomic E-state index is 4.45. The van der Waals surface area contributed by atoms with Crippen molar-refractivity contribution in [2.75, 3.05) is 0 Å². The van der Waals surface area contributed by atoms with Gasteiger partial charge in [-0.25, -0.2) is 5.56 Å². The van der Waals surface area contributed by atoms with E-state index in [2.05, 4.69) is 32.2 Å². The van der Waals surface area contributed by atoms with Crippen molar-refractivity contribution in [2.24, 2.45) is 0 Å². The average molecular weight is 397 g/mol. The maximum absolute atomic E-state index is 4.45. The average Bonchev–Trinajstić information content (AvgIpc) is 2.69. The summed E-state index contributed by atoms with van der Waals surface area (Å²) in [5.74, 6) is 0. The topological polar surface area (TPSA) is 51.6 Å². The molecule has 0 amide bonds. The quantitative estimate of drug-likeness (QED) is 0.493. The van der Waals surface area contributed by atoms with Crippen LogP contribution in [0.4, 0.5) is 0 Å². The molecule has 25 heavy (non-hydrogen) atoms. The summed E-state index contributed by atoms with van der Waals surface area (Å²) in [6.07, 6.45) is 8.28. The smallest absolute Gasteiger partial charge is 0.0465 e. The van der Waals surface area contributed by atoms with Gasteiger partial charge in [0.2, 0.25) is 0 Å². The van der Waals surface area contributed by atoms with Crippen molar-refractivity contribution in [1.82, 2.24) is 19.9 Å². The monoisotopic (exact) mass is 397 g/mol. The van der Waals surface area contributed by atoms with Gasteiger partial charge in [0, 0.05) is 62.2 Å². The fourth-order valence-corrected chi connectivity index (χ4v) is 2.42. The predicted molar refractivity (Wildman–Crippen MR) is 91.6 cm³/mol. The van der Waals surface area contributed by atoms with Gasteiger partial charge in [-0.3, -0.25) is 9.97 Å². The fourth-order valence-electron chi connectivity index (χ4n) is 2.42. The minimum atomic E-state index is 0. The summed E-state index contributed by atoms with van der Waals surface area (Å²) in [6, 6.07) is 20.4. The van der Waals surface area contributed by atoms with Crippen LogP contribution < -0.4 is 0 Å². The molecule has 4 rings (SSSR count). The third-order valence-electron chi connectivity index (χ3n) is 3.55. The first-order valence-electron chi connectivity index (χ1n) is 7.50. The summed E-state index contributed by atoms with van der Waals surface area (Å²) in [7, 11) is 0. The number of rotatable bonds is 3. The third kappa shape index (κ3) is 3.86. The summed E-state index contributed by atoms with van der Waals surface area (Å²) in [6.45, 7) is 0. The maximum Gasteiger partial charge on any atom is 0.0465 e. The van der Waals surface area contributed by atoms with E-state index in [0.29, 0.717) is 0 Å². The van der Waals surface area contributed by atoms with Crippen molar-refractivity contribution in [3.05, 3.63) is 85.5 Å². The molecule has 5 heteroatoms. The number of aromatic nitrogens is 4. The molecule has 0 aliphatic rings. The molecule has 0 aliphatic heterocycles. The van der Waals surface area contributed by atoms with E-state index in [1.54, 1.807) is 24.7 Å². The minimum absolute atomic E-state index is 0. The van der Waals surface area contributed by atoms with Crippen LogP contribution >= 0.6 is 0 Å². The van der Waals surface area contributed by atoms with E-state index in [1.807, 2.05) is 48.5 Å². The van der Waals surface area contributed by atoms with Gasteiger partial charge in [-0.05, 0) is 30.0 Å². The number of pyridine rings is 4. The largest absolute Gasteiger partial charge is 0.361 e. The van der Waals surface area contributed by atoms with Crippen molar-refractivity contribution < 1.29 is 32.7 Å². The molecule has 0 atom stereocenters. The molecule has 1 radical (unpaired) electrons. The van der Waals surface area contributed by atoms with Crippen LogP contribution in [0.1, 0.15) is 0 Å². The van der Waals surface area contributed by atoms with Crippen LogP contribution in [0.15, 0.2) is 73.2 Å². The zero-order chi connectivity index (χ0) is 16.2. The molecule has 0 bridgehead atoms. The van der Waals surface area contributed by atoms with E-state index < -0.39 is 0 Å². The molecule has 0 fully saturated rings. The number of nitrogens with zero attached hydrogens (tertiary/aromatic N) is 4. The van der Waals surface area contributed by atoms with Crippen LogP contribution in [0.2, 0.25) is 0 Å². The van der Waals surface area contributed by atoms with Gasteiger partial charge in [-0.15, -0.1) is 12.1 Å². The predicted octanol–water partition coefficient (Wildman–Crippen LogP) is 3.87. The number of hydrogen-bond acceptors (Lipinski definition) is 4. The standard InChI is InChI=1S/C20H12N4.Y/c1-3-11-21-17(7-1)18-10-9-15(14-24-18)16-6-5-13-23-20(16)19-8-2-4-12-22-19;/h1-5,7-13H;/q-2;. The van der Waals surface area contributed by atoms with Crippen LogP contribution in [-0.2, 0) is 32.7 Å². The van der Waals surface area contributed by atoms with Crippen molar-refractivity contribution in [2.45, 2.75) is 0 Å². The van der Waals surface area contributed by atoms with Crippen LogP contribution in [-0.4, -0.2) is 19.9 Å². The summed E-state index contributed by atoms with van der Waals surface area (Å²) in [5.41, 5.74) is 4.82. The molecule has 0 spiro atoms. The Kier molecular flexibility index (Phi) is 5.74. The van der Waals surface area contributed by atoms with Gasteiger partial charge in [0.1, 0.15) is 0 Å². The molecule has 0 N–H and O–H groups in total. The second-order valence-corrected chi connectivity index (χ2v) is 5.10. The zero-order valence-electron chi connectivity index (χ0n) is 13.3. The van der Waals surface area contributed by atoms with E-state index in [1.165, 1.54) is 0 Å². The molecule has 0 unspecified atom stereocenters. The third-order valence-corrected chi connectivity index (χ3v) is 3.55. The van der Waals surface area contributed by atoms with E-state index in [4.69, 9.17) is 0 Å². The Hall–Kier alpha value is -2.30. The molecule has 0 saturated heterocycles. The fraction of sp³-hybridized carbons (Fsp3) is 0. The van der Waals surface area contributed by atoms with E-state index in [-0.39, 0.29) is 32.7 Å². The zero-order valence-corrected chi connectivity index (χ0v) is 16.1. The van der Waals surface area contributed by atoms with Gasteiger partial charge in [0.05, 0.1) is 0 Å². The van der Waals surface area contributed by atoms with Gasteiger partial charge < -0.3 is 9.97 Å². The molecule has 4 aromatic heterocycles. The molecule has 0 aliphatic carbocycles. The van der Waals surface area contributed by atoms with Gasteiger partial charge in [0.15, 0.2) is 0 Å². The first kappa shape index (κ1) is 17.5. The van der Waals surface area contributed by atoms with E-state index >= 15 is 0 Å². The summed E-state index contributed by atoms with van der Waals surface area (Å²) in [4.78, 5) is 17.5. The van der Waals surface area contributed by atoms with Crippen molar-refractivity contribution in [3.8, 4) is 33.9 Å². The Labute approximate surface area is 171 Å². The summed E-state index contributed by atoms with van der Waals surface area (Å²) >= 11 is 0. The molecule has 0 saturated carbocycles. The Morgan fingerprint density at radius 3 is 2.08 bits per heavy atom. The Morgan fingerprint density at radius 1 is 0.680 bits per heavy atom. The van der Waals surface area contributed by atoms with Gasteiger partial charge in [-0.2, -0.15) is 17.7 Å². The van der Waals surface area contributed by atoms with Gasteiger partial charge >= 0.3 is 0 Å². The van der Waals surface area contributed by atoms with Gasteiger partial charge in [-0.1, -0.05) is 24.5 Å². The van der Waals surface area contributed by atoms with Crippen LogP contribution in [0.3, 0.4) is 0 Å². The Morgan fingerprint density at radius 2 is 1.44 bits per heavy atom. The first-order valence-corrected chi connectivity index (χ1v) is 7.50. The Bertz CT molecular complexity index is 942. The van der Waals surface area contributed by atoms with Crippen molar-refractivity contribution in [3.63, 3.8) is 0 Å². The molecule has 4 nitrogen and oxygen atoms in total. The van der Waals surface area contributed by atoms with Crippen molar-refractivity contribution >= 4 is 0 Å². The second kappa shape index (κ2) is 8.19. The Balaban J connectivity index is 0.00000182. The van der Waals surface area contributed by atoms with Crippen LogP contribution in [0.5, 0.6) is 0 Å². The first-order chi connectivity index (χ1) is 11.9. The summed E-state index contributed by atoms with van der Waals surface area (Å²) in [5, 5.41) is 0. The molecular weight excluding hydrogens is 385 g/mol. The molecular formula is C20H12N4Y-2. The normalized spacial score (nSPS) is 10.1. The SMILES string of the molecule is [Y].[c-]1nc(-c2ccccn2)ccc1-c1[c-]ccnc1-c1ccccn1. The minimum Gasteiger partial charge on any atom is -0.361 e. The molecule has 4 heterocycles. The van der Waals surface area contributed by atoms with Crippen molar-refractivity contribution in [1.29, 1.82) is 0 Å². The van der Waals surface area contributed by atoms with E-state index in [9.17, 15) is 0 Å². The van der Waals surface area contributed by atoms with Crippen LogP contribution in [0, 0.1) is 12.3 Å².